The van der Waals surface area contributed by atoms with Crippen molar-refractivity contribution >= 4 is 0 Å². The molecule has 3 rings (SSSR count). The molecular weight excluding hydrogens is 221 g/mol. The van der Waals surface area contributed by atoms with Crippen LogP contribution in [0.25, 0.3) is 0 Å². The fourth-order valence-corrected chi connectivity index (χ4v) is 1.93. The van der Waals surface area contributed by atoms with Crippen molar-refractivity contribution < 1.29 is 13.2 Å². The van der Waals surface area contributed by atoms with E-state index in [1.807, 2.05) is 0 Å². The highest BCUT2D eigenvalue weighted by molar-refractivity contribution is 5.13. The van der Waals surface area contributed by atoms with Crippen molar-refractivity contribution in [3.05, 3.63) is 11.9 Å². The maximum atomic E-state index is 12.8. The molecule has 0 radical (unpaired) electrons. The largest absolute Gasteiger partial charge is 0.413 e. The fraction of sp³-hybridized carbons (Fsp3) is 0.778. The van der Waals surface area contributed by atoms with Gasteiger partial charge in [0.25, 0.3) is 0 Å². The van der Waals surface area contributed by atoms with Gasteiger partial charge in [0.2, 0.25) is 0 Å². The molecule has 0 unspecified atom stereocenters. The summed E-state index contributed by atoms with van der Waals surface area (Å²) < 4.78 is 39.4. The summed E-state index contributed by atoms with van der Waals surface area (Å²) in [6.45, 7) is 1.55. The molecule has 0 aromatic carbocycles. The second kappa shape index (κ2) is 2.97. The highest BCUT2D eigenvalue weighted by atomic mass is 19.4. The first-order valence-electron chi connectivity index (χ1n) is 5.23. The Bertz CT molecular complexity index is 403. The van der Waals surface area contributed by atoms with E-state index in [4.69, 9.17) is 0 Å². The number of nitrogens with zero attached hydrogens (tertiary/aromatic N) is 3. The van der Waals surface area contributed by atoms with Gasteiger partial charge in [-0.3, -0.25) is 0 Å². The number of alkyl halides is 3. The van der Waals surface area contributed by atoms with E-state index in [1.54, 1.807) is 0 Å². The molecule has 4 nitrogen and oxygen atoms in total. The molecule has 0 spiro atoms. The number of rotatable bonds is 2. The molecule has 1 saturated carbocycles. The highest BCUT2D eigenvalue weighted by Gasteiger charge is 2.66. The molecule has 1 N–H and O–H groups in total. The van der Waals surface area contributed by atoms with Gasteiger partial charge in [-0.25, -0.2) is 4.68 Å². The Morgan fingerprint density at radius 2 is 2.06 bits per heavy atom. The van der Waals surface area contributed by atoms with E-state index in [2.05, 4.69) is 15.6 Å². The first kappa shape index (κ1) is 10.1. The number of halogens is 3. The SMILES string of the molecule is FC(F)(F)C1(n2cc(C3CNC3)nn2)CC1. The summed E-state index contributed by atoms with van der Waals surface area (Å²) in [5, 5.41) is 10.5. The van der Waals surface area contributed by atoms with Crippen LogP contribution < -0.4 is 5.32 Å². The lowest BCUT2D eigenvalue weighted by atomic mass is 10.0. The molecule has 7 heteroatoms. The van der Waals surface area contributed by atoms with E-state index < -0.39 is 11.7 Å². The van der Waals surface area contributed by atoms with Crippen molar-refractivity contribution in [1.82, 2.24) is 20.3 Å². The summed E-state index contributed by atoms with van der Waals surface area (Å²) >= 11 is 0. The zero-order chi connectivity index (χ0) is 11.4. The van der Waals surface area contributed by atoms with Crippen LogP contribution in [-0.2, 0) is 5.54 Å². The Labute approximate surface area is 89.8 Å². The van der Waals surface area contributed by atoms with Crippen LogP contribution in [0.2, 0.25) is 0 Å². The number of aromatic nitrogens is 3. The fourth-order valence-electron chi connectivity index (χ4n) is 1.93. The second-order valence-corrected chi connectivity index (χ2v) is 4.47. The van der Waals surface area contributed by atoms with Crippen LogP contribution in [-0.4, -0.2) is 34.3 Å². The molecule has 1 aliphatic heterocycles. The molecule has 1 aliphatic carbocycles. The van der Waals surface area contributed by atoms with Gasteiger partial charge < -0.3 is 5.32 Å². The van der Waals surface area contributed by atoms with Crippen LogP contribution in [0, 0.1) is 0 Å². The van der Waals surface area contributed by atoms with E-state index in [-0.39, 0.29) is 18.8 Å². The van der Waals surface area contributed by atoms with Crippen molar-refractivity contribution in [3.8, 4) is 0 Å². The van der Waals surface area contributed by atoms with Crippen LogP contribution in [0.15, 0.2) is 6.20 Å². The van der Waals surface area contributed by atoms with Crippen LogP contribution in [0.1, 0.15) is 24.5 Å². The third-order valence-electron chi connectivity index (χ3n) is 3.40. The maximum absolute atomic E-state index is 12.8. The van der Waals surface area contributed by atoms with Gasteiger partial charge >= 0.3 is 6.18 Å². The van der Waals surface area contributed by atoms with Crippen molar-refractivity contribution in [2.45, 2.75) is 30.5 Å². The lowest BCUT2D eigenvalue weighted by Gasteiger charge is -2.24. The van der Waals surface area contributed by atoms with Gasteiger partial charge in [0.1, 0.15) is 0 Å². The Morgan fingerprint density at radius 3 is 2.50 bits per heavy atom. The first-order chi connectivity index (χ1) is 7.53. The molecule has 0 amide bonds. The quantitative estimate of drug-likeness (QED) is 0.827. The lowest BCUT2D eigenvalue weighted by molar-refractivity contribution is -0.182. The van der Waals surface area contributed by atoms with Crippen LogP contribution >= 0.6 is 0 Å². The average molecular weight is 232 g/mol. The van der Waals surface area contributed by atoms with Crippen LogP contribution in [0.5, 0.6) is 0 Å². The predicted octanol–water partition coefficient (Wildman–Crippen LogP) is 1.02. The normalized spacial score (nSPS) is 24.2. The van der Waals surface area contributed by atoms with Gasteiger partial charge in [-0.1, -0.05) is 5.21 Å². The topological polar surface area (TPSA) is 42.7 Å². The van der Waals surface area contributed by atoms with E-state index in [1.165, 1.54) is 6.20 Å². The second-order valence-electron chi connectivity index (χ2n) is 4.47. The number of hydrogen-bond acceptors (Lipinski definition) is 3. The highest BCUT2D eigenvalue weighted by Crippen LogP contribution is 2.54. The van der Waals surface area contributed by atoms with Gasteiger partial charge in [0.05, 0.1) is 5.69 Å². The zero-order valence-electron chi connectivity index (χ0n) is 8.46. The molecular formula is C9H11F3N4. The predicted molar refractivity (Wildman–Crippen MR) is 48.9 cm³/mol. The molecule has 2 aliphatic rings. The first-order valence-corrected chi connectivity index (χ1v) is 5.23. The molecule has 0 bridgehead atoms. The Morgan fingerprint density at radius 1 is 1.38 bits per heavy atom. The molecule has 0 atom stereocenters. The standard InChI is InChI=1S/C9H11F3N4/c10-9(11,12)8(1-2-8)16-5-7(14-15-16)6-3-13-4-6/h5-6,13H,1-4H2. The summed E-state index contributed by atoms with van der Waals surface area (Å²) in [5.74, 6) is 0.220. The van der Waals surface area contributed by atoms with E-state index in [0.29, 0.717) is 5.69 Å². The van der Waals surface area contributed by atoms with Gasteiger partial charge in [-0.15, -0.1) is 5.10 Å². The van der Waals surface area contributed by atoms with Crippen molar-refractivity contribution in [3.63, 3.8) is 0 Å². The summed E-state index contributed by atoms with van der Waals surface area (Å²) in [6, 6.07) is 0. The minimum absolute atomic E-state index is 0.113. The van der Waals surface area contributed by atoms with Crippen LogP contribution in [0.4, 0.5) is 13.2 Å². The molecule has 88 valence electrons. The summed E-state index contributed by atoms with van der Waals surface area (Å²) in [7, 11) is 0. The summed E-state index contributed by atoms with van der Waals surface area (Å²) in [4.78, 5) is 0. The molecule has 1 saturated heterocycles. The Kier molecular flexibility index (Phi) is 1.87. The molecule has 2 heterocycles. The van der Waals surface area contributed by atoms with Gasteiger partial charge in [0.15, 0.2) is 5.54 Å². The monoisotopic (exact) mass is 232 g/mol. The van der Waals surface area contributed by atoms with Crippen LogP contribution in [0.3, 0.4) is 0 Å². The molecule has 1 aromatic rings. The van der Waals surface area contributed by atoms with E-state index >= 15 is 0 Å². The summed E-state index contributed by atoms with van der Waals surface area (Å²) in [5.41, 5.74) is -1.11. The third-order valence-corrected chi connectivity index (χ3v) is 3.40. The molecule has 16 heavy (non-hydrogen) atoms. The smallest absolute Gasteiger partial charge is 0.315 e. The van der Waals surface area contributed by atoms with Crippen molar-refractivity contribution in [2.75, 3.05) is 13.1 Å². The van der Waals surface area contributed by atoms with Crippen molar-refractivity contribution in [2.24, 2.45) is 0 Å². The number of hydrogen-bond donors (Lipinski definition) is 1. The zero-order valence-corrected chi connectivity index (χ0v) is 8.46. The third kappa shape index (κ3) is 1.27. The van der Waals surface area contributed by atoms with Gasteiger partial charge in [-0.2, -0.15) is 13.2 Å². The van der Waals surface area contributed by atoms with E-state index in [0.717, 1.165) is 17.8 Å². The minimum Gasteiger partial charge on any atom is -0.315 e. The Balaban J connectivity index is 1.87. The number of nitrogens with one attached hydrogen (secondary N) is 1. The molecule has 1 aromatic heterocycles. The molecule has 2 fully saturated rings. The van der Waals surface area contributed by atoms with Crippen molar-refractivity contribution in [1.29, 1.82) is 0 Å². The lowest BCUT2D eigenvalue weighted by Crippen LogP contribution is -2.40. The Hall–Kier alpha value is -1.11. The average Bonchev–Trinajstić information content (AvgIpc) is 2.79. The minimum atomic E-state index is -4.23. The van der Waals surface area contributed by atoms with Gasteiger partial charge in [-0.05, 0) is 12.8 Å². The maximum Gasteiger partial charge on any atom is 0.413 e. The summed E-state index contributed by atoms with van der Waals surface area (Å²) in [6.07, 6.45) is -2.55. The van der Waals surface area contributed by atoms with Gasteiger partial charge in [0, 0.05) is 25.2 Å². The van der Waals surface area contributed by atoms with E-state index in [9.17, 15) is 13.2 Å².